The zero-order valence-electron chi connectivity index (χ0n) is 5.13. The lowest BCUT2D eigenvalue weighted by molar-refractivity contribution is 0.998. The molecule has 1 heterocycles. The summed E-state index contributed by atoms with van der Waals surface area (Å²) >= 11 is 0. The van der Waals surface area contributed by atoms with Gasteiger partial charge in [0.1, 0.15) is 5.69 Å². The predicted octanol–water partition coefficient (Wildman–Crippen LogP) is 0.766. The zero-order chi connectivity index (χ0) is 6.69. The average molecular weight is 118 g/mol. The number of aryl methyl sites for hydroxylation is 1. The SMILES string of the molecule is C#Cc1cc(C)cnn1. The molecule has 9 heavy (non-hydrogen) atoms. The van der Waals surface area contributed by atoms with E-state index in [0.717, 1.165) is 5.56 Å². The fraction of sp³-hybridized carbons (Fsp3) is 0.143. The van der Waals surface area contributed by atoms with Gasteiger partial charge in [0.25, 0.3) is 0 Å². The van der Waals surface area contributed by atoms with Gasteiger partial charge < -0.3 is 0 Å². The number of nitrogens with zero attached hydrogens (tertiary/aromatic N) is 2. The van der Waals surface area contributed by atoms with Crippen molar-refractivity contribution in [3.05, 3.63) is 23.5 Å². The van der Waals surface area contributed by atoms with Crippen molar-refractivity contribution in [3.63, 3.8) is 0 Å². The second-order valence-electron chi connectivity index (χ2n) is 1.76. The van der Waals surface area contributed by atoms with Gasteiger partial charge in [-0.1, -0.05) is 0 Å². The molecule has 1 aromatic rings. The van der Waals surface area contributed by atoms with Crippen molar-refractivity contribution in [2.24, 2.45) is 0 Å². The Bertz CT molecular complexity index is 247. The van der Waals surface area contributed by atoms with Crippen LogP contribution < -0.4 is 0 Å². The number of terminal acetylenes is 1. The second-order valence-corrected chi connectivity index (χ2v) is 1.76. The average Bonchev–Trinajstić information content (AvgIpc) is 1.88. The van der Waals surface area contributed by atoms with Crippen molar-refractivity contribution in [1.82, 2.24) is 10.2 Å². The minimum absolute atomic E-state index is 0.593. The molecule has 0 saturated heterocycles. The molecule has 0 bridgehead atoms. The van der Waals surface area contributed by atoms with Gasteiger partial charge in [0.05, 0.1) is 6.20 Å². The van der Waals surface area contributed by atoms with Crippen molar-refractivity contribution >= 4 is 0 Å². The lowest BCUT2D eigenvalue weighted by atomic mass is 10.3. The normalized spacial score (nSPS) is 8.44. The smallest absolute Gasteiger partial charge is 0.135 e. The molecule has 0 spiro atoms. The predicted molar refractivity (Wildman–Crippen MR) is 34.7 cm³/mol. The molecule has 2 nitrogen and oxygen atoms in total. The van der Waals surface area contributed by atoms with Gasteiger partial charge in [-0.25, -0.2) is 0 Å². The Hall–Kier alpha value is -1.36. The fourth-order valence-electron chi connectivity index (χ4n) is 0.534. The van der Waals surface area contributed by atoms with Gasteiger partial charge in [-0.15, -0.1) is 11.5 Å². The van der Waals surface area contributed by atoms with Gasteiger partial charge in [-0.2, -0.15) is 5.10 Å². The van der Waals surface area contributed by atoms with Gasteiger partial charge in [0, 0.05) is 0 Å². The van der Waals surface area contributed by atoms with Crippen LogP contribution in [-0.4, -0.2) is 10.2 Å². The Morgan fingerprint density at radius 1 is 1.67 bits per heavy atom. The molecule has 0 aliphatic heterocycles. The highest BCUT2D eigenvalue weighted by Crippen LogP contribution is 1.93. The minimum Gasteiger partial charge on any atom is -0.158 e. The molecular formula is C7H6N2. The molecule has 2 heteroatoms. The summed E-state index contributed by atoms with van der Waals surface area (Å²) in [6.45, 7) is 1.93. The lowest BCUT2D eigenvalue weighted by Crippen LogP contribution is -1.86. The van der Waals surface area contributed by atoms with Crippen LogP contribution >= 0.6 is 0 Å². The largest absolute Gasteiger partial charge is 0.158 e. The summed E-state index contributed by atoms with van der Waals surface area (Å²) in [4.78, 5) is 0. The van der Waals surface area contributed by atoms with Crippen LogP contribution in [0.2, 0.25) is 0 Å². The summed E-state index contributed by atoms with van der Waals surface area (Å²) in [6.07, 6.45) is 6.73. The van der Waals surface area contributed by atoms with Crippen molar-refractivity contribution in [2.45, 2.75) is 6.92 Å². The molecule has 0 fully saturated rings. The monoisotopic (exact) mass is 118 g/mol. The van der Waals surface area contributed by atoms with Crippen molar-refractivity contribution in [1.29, 1.82) is 0 Å². The van der Waals surface area contributed by atoms with Crippen LogP contribution in [0.25, 0.3) is 0 Å². The Morgan fingerprint density at radius 2 is 2.44 bits per heavy atom. The van der Waals surface area contributed by atoms with Crippen LogP contribution in [0.4, 0.5) is 0 Å². The number of aromatic nitrogens is 2. The highest BCUT2D eigenvalue weighted by molar-refractivity contribution is 5.25. The third-order valence-electron chi connectivity index (χ3n) is 0.939. The minimum atomic E-state index is 0.593. The van der Waals surface area contributed by atoms with Crippen molar-refractivity contribution in [2.75, 3.05) is 0 Å². The van der Waals surface area contributed by atoms with Gasteiger partial charge in [0.2, 0.25) is 0 Å². The van der Waals surface area contributed by atoms with E-state index in [4.69, 9.17) is 6.42 Å². The maximum atomic E-state index is 5.07. The van der Waals surface area contributed by atoms with Crippen molar-refractivity contribution in [3.8, 4) is 12.3 Å². The second kappa shape index (κ2) is 2.27. The molecule has 0 amide bonds. The first kappa shape index (κ1) is 5.77. The molecular weight excluding hydrogens is 112 g/mol. The molecule has 44 valence electrons. The molecule has 0 atom stereocenters. The van der Waals surface area contributed by atoms with Gasteiger partial charge in [0.15, 0.2) is 0 Å². The van der Waals surface area contributed by atoms with Gasteiger partial charge in [-0.05, 0) is 24.5 Å². The fourth-order valence-corrected chi connectivity index (χ4v) is 0.534. The summed E-state index contributed by atoms with van der Waals surface area (Å²) in [6, 6.07) is 1.81. The Kier molecular flexibility index (Phi) is 1.46. The highest BCUT2D eigenvalue weighted by atomic mass is 15.1. The first-order valence-electron chi connectivity index (χ1n) is 2.59. The molecule has 0 unspecified atom stereocenters. The topological polar surface area (TPSA) is 25.8 Å². The summed E-state index contributed by atoms with van der Waals surface area (Å²) in [5.74, 6) is 2.39. The van der Waals surface area contributed by atoms with E-state index in [0.29, 0.717) is 5.69 Å². The summed E-state index contributed by atoms with van der Waals surface area (Å²) in [5.41, 5.74) is 1.63. The van der Waals surface area contributed by atoms with Crippen LogP contribution in [0.15, 0.2) is 12.3 Å². The van der Waals surface area contributed by atoms with E-state index in [1.54, 1.807) is 6.20 Å². The van der Waals surface area contributed by atoms with Crippen LogP contribution in [0.3, 0.4) is 0 Å². The summed E-state index contributed by atoms with van der Waals surface area (Å²) in [7, 11) is 0. The zero-order valence-corrected chi connectivity index (χ0v) is 5.13. The van der Waals surface area contributed by atoms with E-state index in [9.17, 15) is 0 Å². The number of hydrogen-bond donors (Lipinski definition) is 0. The van der Waals surface area contributed by atoms with Crippen LogP contribution in [0.5, 0.6) is 0 Å². The first-order valence-corrected chi connectivity index (χ1v) is 2.59. The first-order chi connectivity index (χ1) is 4.33. The molecule has 0 radical (unpaired) electrons. The van der Waals surface area contributed by atoms with E-state index in [1.807, 2.05) is 13.0 Å². The molecule has 0 aliphatic carbocycles. The standard InChI is InChI=1S/C7H6N2/c1-3-7-4-6(2)5-8-9-7/h1,4-5H,2H3. The summed E-state index contributed by atoms with van der Waals surface area (Å²) < 4.78 is 0. The third-order valence-corrected chi connectivity index (χ3v) is 0.939. The molecule has 0 saturated carbocycles. The van der Waals surface area contributed by atoms with E-state index < -0.39 is 0 Å². The van der Waals surface area contributed by atoms with E-state index in [1.165, 1.54) is 0 Å². The third kappa shape index (κ3) is 1.26. The van der Waals surface area contributed by atoms with Crippen LogP contribution in [-0.2, 0) is 0 Å². The maximum absolute atomic E-state index is 5.07. The lowest BCUT2D eigenvalue weighted by Gasteiger charge is -1.88. The Labute approximate surface area is 53.9 Å². The Morgan fingerprint density at radius 3 is 2.89 bits per heavy atom. The molecule has 0 aromatic carbocycles. The quantitative estimate of drug-likeness (QED) is 0.470. The molecule has 1 rings (SSSR count). The number of hydrogen-bond acceptors (Lipinski definition) is 2. The van der Waals surface area contributed by atoms with E-state index >= 15 is 0 Å². The van der Waals surface area contributed by atoms with Crippen LogP contribution in [0, 0.1) is 19.3 Å². The summed E-state index contributed by atoms with van der Waals surface area (Å²) in [5, 5.41) is 7.33. The molecule has 0 N–H and O–H groups in total. The van der Waals surface area contributed by atoms with Crippen molar-refractivity contribution < 1.29 is 0 Å². The Balaban J connectivity index is 3.12. The maximum Gasteiger partial charge on any atom is 0.135 e. The molecule has 1 aromatic heterocycles. The van der Waals surface area contributed by atoms with E-state index in [2.05, 4.69) is 16.1 Å². The highest BCUT2D eigenvalue weighted by Gasteiger charge is 1.86. The van der Waals surface area contributed by atoms with Gasteiger partial charge in [-0.3, -0.25) is 0 Å². The van der Waals surface area contributed by atoms with Crippen LogP contribution in [0.1, 0.15) is 11.3 Å². The molecule has 0 aliphatic rings. The van der Waals surface area contributed by atoms with Gasteiger partial charge >= 0.3 is 0 Å². The number of rotatable bonds is 0. The van der Waals surface area contributed by atoms with E-state index in [-0.39, 0.29) is 0 Å².